The highest BCUT2D eigenvalue weighted by molar-refractivity contribution is 7.11. The van der Waals surface area contributed by atoms with Crippen LogP contribution in [0.5, 0.6) is 0 Å². The van der Waals surface area contributed by atoms with Gasteiger partial charge in [0.25, 0.3) is 0 Å². The number of rotatable bonds is 6. The maximum atomic E-state index is 4.49. The van der Waals surface area contributed by atoms with E-state index in [0.29, 0.717) is 11.5 Å². The summed E-state index contributed by atoms with van der Waals surface area (Å²) in [6.07, 6.45) is 7.23. The molecule has 2 heterocycles. The second-order valence-corrected chi connectivity index (χ2v) is 7.21. The number of aryl methyl sites for hydroxylation is 1. The molecule has 19 heavy (non-hydrogen) atoms. The summed E-state index contributed by atoms with van der Waals surface area (Å²) >= 11 is 1.81. The molecule has 2 rings (SSSR count). The first-order chi connectivity index (χ1) is 9.15. The number of nitrogens with zero attached hydrogens (tertiary/aromatic N) is 1. The van der Waals surface area contributed by atoms with Gasteiger partial charge in [-0.25, -0.2) is 4.98 Å². The number of aromatic nitrogens is 1. The second kappa shape index (κ2) is 6.82. The van der Waals surface area contributed by atoms with E-state index in [1.54, 1.807) is 11.3 Å². The van der Waals surface area contributed by atoms with Gasteiger partial charge in [0.2, 0.25) is 0 Å². The Morgan fingerprint density at radius 1 is 1.58 bits per heavy atom. The number of nitrogens with one attached hydrogen (secondary N) is 2. The predicted molar refractivity (Wildman–Crippen MR) is 82.7 cm³/mol. The first-order valence-electron chi connectivity index (χ1n) is 7.52. The third kappa shape index (κ3) is 4.01. The van der Waals surface area contributed by atoms with Crippen molar-refractivity contribution in [1.29, 1.82) is 0 Å². The van der Waals surface area contributed by atoms with Crippen molar-refractivity contribution in [2.24, 2.45) is 5.41 Å². The summed E-state index contributed by atoms with van der Waals surface area (Å²) in [6.45, 7) is 10.1. The van der Waals surface area contributed by atoms with Crippen molar-refractivity contribution < 1.29 is 0 Å². The van der Waals surface area contributed by atoms with E-state index in [0.717, 1.165) is 13.1 Å². The van der Waals surface area contributed by atoms with Crippen LogP contribution in [-0.2, 0) is 0 Å². The van der Waals surface area contributed by atoms with Gasteiger partial charge in [-0.05, 0) is 45.1 Å². The van der Waals surface area contributed by atoms with Crippen LogP contribution in [0, 0.1) is 12.3 Å². The molecule has 1 aromatic heterocycles. The molecular weight excluding hydrogens is 254 g/mol. The fourth-order valence-corrected chi connectivity index (χ4v) is 3.84. The first kappa shape index (κ1) is 14.9. The summed E-state index contributed by atoms with van der Waals surface area (Å²) in [6, 6.07) is 0.370. The van der Waals surface area contributed by atoms with Crippen LogP contribution < -0.4 is 10.6 Å². The lowest BCUT2D eigenvalue weighted by molar-refractivity contribution is 0.177. The molecule has 0 aromatic carbocycles. The summed E-state index contributed by atoms with van der Waals surface area (Å²) in [5.74, 6) is 0. The van der Waals surface area contributed by atoms with Gasteiger partial charge in [-0.1, -0.05) is 13.3 Å². The zero-order valence-electron chi connectivity index (χ0n) is 12.5. The molecule has 0 aliphatic carbocycles. The van der Waals surface area contributed by atoms with Crippen molar-refractivity contribution >= 4 is 11.3 Å². The summed E-state index contributed by atoms with van der Waals surface area (Å²) < 4.78 is 0. The topological polar surface area (TPSA) is 37.0 Å². The van der Waals surface area contributed by atoms with E-state index in [9.17, 15) is 0 Å². The summed E-state index contributed by atoms with van der Waals surface area (Å²) in [5.41, 5.74) is 0.452. The Labute approximate surface area is 121 Å². The van der Waals surface area contributed by atoms with E-state index >= 15 is 0 Å². The van der Waals surface area contributed by atoms with E-state index in [-0.39, 0.29) is 0 Å². The van der Waals surface area contributed by atoms with Crippen molar-refractivity contribution in [3.8, 4) is 0 Å². The number of hydrogen-bond donors (Lipinski definition) is 2. The normalized spacial score (nSPS) is 25.4. The molecule has 3 nitrogen and oxygen atoms in total. The van der Waals surface area contributed by atoms with E-state index in [4.69, 9.17) is 0 Å². The fourth-order valence-electron chi connectivity index (χ4n) is 3.04. The molecule has 4 heteroatoms. The van der Waals surface area contributed by atoms with Crippen molar-refractivity contribution in [1.82, 2.24) is 15.6 Å². The summed E-state index contributed by atoms with van der Waals surface area (Å²) in [5, 5.41) is 8.51. The average Bonchev–Trinajstić information content (AvgIpc) is 2.84. The number of thiazole rings is 1. The lowest BCUT2D eigenvalue weighted by Crippen LogP contribution is -2.46. The standard InChI is InChI=1S/C15H27N3S/c1-4-6-15(7-5-8-16-10-15)11-18-13(3)14-17-9-12(2)19-14/h9,13,16,18H,4-8,10-11H2,1-3H3. The van der Waals surface area contributed by atoms with Crippen LogP contribution in [0.1, 0.15) is 55.5 Å². The molecule has 1 fully saturated rings. The smallest absolute Gasteiger partial charge is 0.109 e. The Morgan fingerprint density at radius 3 is 3.00 bits per heavy atom. The molecule has 1 aliphatic heterocycles. The fraction of sp³-hybridized carbons (Fsp3) is 0.800. The minimum Gasteiger partial charge on any atom is -0.316 e. The van der Waals surface area contributed by atoms with E-state index in [1.165, 1.54) is 42.1 Å². The van der Waals surface area contributed by atoms with E-state index in [1.807, 2.05) is 6.20 Å². The molecule has 108 valence electrons. The van der Waals surface area contributed by atoms with Crippen LogP contribution in [0.15, 0.2) is 6.20 Å². The summed E-state index contributed by atoms with van der Waals surface area (Å²) in [7, 11) is 0. The molecule has 0 radical (unpaired) electrons. The molecule has 2 atom stereocenters. The number of piperidine rings is 1. The zero-order valence-corrected chi connectivity index (χ0v) is 13.3. The largest absolute Gasteiger partial charge is 0.316 e. The van der Waals surface area contributed by atoms with Gasteiger partial charge in [-0.15, -0.1) is 11.3 Å². The van der Waals surface area contributed by atoms with E-state index in [2.05, 4.69) is 36.4 Å². The highest BCUT2D eigenvalue weighted by Crippen LogP contribution is 2.31. The Hall–Kier alpha value is -0.450. The molecule has 1 aliphatic rings. The van der Waals surface area contributed by atoms with Gasteiger partial charge in [0.1, 0.15) is 5.01 Å². The maximum absolute atomic E-state index is 4.49. The molecule has 2 N–H and O–H groups in total. The van der Waals surface area contributed by atoms with Crippen LogP contribution in [0.4, 0.5) is 0 Å². The van der Waals surface area contributed by atoms with Gasteiger partial charge < -0.3 is 10.6 Å². The lowest BCUT2D eigenvalue weighted by Gasteiger charge is -2.38. The zero-order chi connectivity index (χ0) is 13.7. The van der Waals surface area contributed by atoms with Crippen LogP contribution in [0.3, 0.4) is 0 Å². The Kier molecular flexibility index (Phi) is 5.37. The molecule has 0 spiro atoms. The van der Waals surface area contributed by atoms with Crippen LogP contribution in [-0.4, -0.2) is 24.6 Å². The molecular formula is C15H27N3S. The van der Waals surface area contributed by atoms with Crippen LogP contribution in [0.2, 0.25) is 0 Å². The lowest BCUT2D eigenvalue weighted by atomic mass is 9.77. The van der Waals surface area contributed by atoms with Crippen molar-refractivity contribution in [2.75, 3.05) is 19.6 Å². The minimum atomic E-state index is 0.370. The third-order valence-electron chi connectivity index (χ3n) is 4.13. The van der Waals surface area contributed by atoms with E-state index < -0.39 is 0 Å². The average molecular weight is 281 g/mol. The van der Waals surface area contributed by atoms with Gasteiger partial charge in [0, 0.05) is 24.2 Å². The van der Waals surface area contributed by atoms with Crippen LogP contribution >= 0.6 is 11.3 Å². The third-order valence-corrected chi connectivity index (χ3v) is 5.23. The highest BCUT2D eigenvalue weighted by Gasteiger charge is 2.31. The molecule has 1 saturated heterocycles. The SMILES string of the molecule is CCCC1(CNC(C)c2ncc(C)s2)CCCNC1. The van der Waals surface area contributed by atoms with Gasteiger partial charge in [-0.2, -0.15) is 0 Å². The molecule has 2 unspecified atom stereocenters. The van der Waals surface area contributed by atoms with Gasteiger partial charge in [0.15, 0.2) is 0 Å². The predicted octanol–water partition coefficient (Wildman–Crippen LogP) is 3.27. The van der Waals surface area contributed by atoms with Crippen molar-refractivity contribution in [2.45, 2.75) is 52.5 Å². The van der Waals surface area contributed by atoms with Crippen molar-refractivity contribution in [3.05, 3.63) is 16.1 Å². The van der Waals surface area contributed by atoms with Gasteiger partial charge in [0.05, 0.1) is 6.04 Å². The van der Waals surface area contributed by atoms with Crippen molar-refractivity contribution in [3.63, 3.8) is 0 Å². The monoisotopic (exact) mass is 281 g/mol. The molecule has 0 bridgehead atoms. The Morgan fingerprint density at radius 2 is 2.42 bits per heavy atom. The number of hydrogen-bond acceptors (Lipinski definition) is 4. The maximum Gasteiger partial charge on any atom is 0.109 e. The molecule has 1 aromatic rings. The second-order valence-electron chi connectivity index (χ2n) is 5.94. The Bertz CT molecular complexity index is 377. The molecule has 0 amide bonds. The highest BCUT2D eigenvalue weighted by atomic mass is 32.1. The quantitative estimate of drug-likeness (QED) is 0.840. The minimum absolute atomic E-state index is 0.370. The summed E-state index contributed by atoms with van der Waals surface area (Å²) in [4.78, 5) is 5.79. The Balaban J connectivity index is 1.91. The van der Waals surface area contributed by atoms with Gasteiger partial charge in [-0.3, -0.25) is 0 Å². The first-order valence-corrected chi connectivity index (χ1v) is 8.33. The van der Waals surface area contributed by atoms with Crippen LogP contribution in [0.25, 0.3) is 0 Å². The van der Waals surface area contributed by atoms with Gasteiger partial charge >= 0.3 is 0 Å². The molecule has 0 saturated carbocycles.